The van der Waals surface area contributed by atoms with Crippen LogP contribution >= 0.6 is 0 Å². The second-order valence-corrected chi connectivity index (χ2v) is 5.06. The minimum atomic E-state index is -0.0206. The van der Waals surface area contributed by atoms with E-state index in [0.717, 1.165) is 31.7 Å². The van der Waals surface area contributed by atoms with Crippen LogP contribution < -0.4 is 10.2 Å². The number of hydrogen-bond acceptors (Lipinski definition) is 6. The molecule has 2 aromatic rings. The van der Waals surface area contributed by atoms with Gasteiger partial charge >= 0.3 is 0 Å². The highest BCUT2D eigenvalue weighted by atomic mass is 16.2. The van der Waals surface area contributed by atoms with Crippen molar-refractivity contribution in [3.05, 3.63) is 24.4 Å². The maximum Gasteiger partial charge on any atom is 0.248 e. The molecule has 0 unspecified atom stereocenters. The first-order chi connectivity index (χ1) is 10.2. The van der Waals surface area contributed by atoms with Crippen LogP contribution in [0, 0.1) is 12.8 Å². The first-order valence-corrected chi connectivity index (χ1v) is 6.93. The second kappa shape index (κ2) is 5.86. The zero-order valence-corrected chi connectivity index (χ0v) is 11.8. The lowest BCUT2D eigenvalue weighted by molar-refractivity contribution is -0.120. The number of aryl methyl sites for hydroxylation is 1. The monoisotopic (exact) mass is 287 g/mol. The van der Waals surface area contributed by atoms with Gasteiger partial charge in [0.2, 0.25) is 11.9 Å². The average molecular weight is 287 g/mol. The van der Waals surface area contributed by atoms with Gasteiger partial charge in [0, 0.05) is 31.4 Å². The largest absolute Gasteiger partial charge is 0.355 e. The lowest BCUT2D eigenvalue weighted by atomic mass is 9.96. The third-order valence-electron chi connectivity index (χ3n) is 3.57. The summed E-state index contributed by atoms with van der Waals surface area (Å²) in [5.41, 5.74) is 0. The third-order valence-corrected chi connectivity index (χ3v) is 3.57. The SMILES string of the molecule is Cc1nc(NC(=O)C2CCN(c3cnccn3)CC2)n[nH]1. The Bertz CT molecular complexity index is 604. The van der Waals surface area contributed by atoms with Crippen LogP contribution in [0.25, 0.3) is 0 Å². The molecule has 0 saturated carbocycles. The standard InChI is InChI=1S/C13H17N7O/c1-9-16-13(19-18-9)17-12(21)10-2-6-20(7-3-10)11-8-14-4-5-15-11/h4-5,8,10H,2-3,6-7H2,1H3,(H2,16,17,18,19,21). The maximum atomic E-state index is 12.2. The number of nitrogens with zero attached hydrogens (tertiary/aromatic N) is 5. The van der Waals surface area contributed by atoms with Gasteiger partial charge in [0.05, 0.1) is 6.20 Å². The van der Waals surface area contributed by atoms with Crippen molar-refractivity contribution in [1.82, 2.24) is 25.1 Å². The number of carbonyl (C=O) groups excluding carboxylic acids is 1. The van der Waals surface area contributed by atoms with Crippen molar-refractivity contribution in [3.8, 4) is 0 Å². The molecule has 0 bridgehead atoms. The second-order valence-electron chi connectivity index (χ2n) is 5.06. The Morgan fingerprint density at radius 1 is 1.38 bits per heavy atom. The number of anilines is 2. The quantitative estimate of drug-likeness (QED) is 0.864. The Morgan fingerprint density at radius 3 is 2.81 bits per heavy atom. The molecular weight excluding hydrogens is 270 g/mol. The van der Waals surface area contributed by atoms with E-state index >= 15 is 0 Å². The fourth-order valence-electron chi connectivity index (χ4n) is 2.44. The fraction of sp³-hybridized carbons (Fsp3) is 0.462. The lowest BCUT2D eigenvalue weighted by Crippen LogP contribution is -2.38. The van der Waals surface area contributed by atoms with Gasteiger partial charge in [-0.25, -0.2) is 4.98 Å². The van der Waals surface area contributed by atoms with E-state index in [1.165, 1.54) is 0 Å². The number of H-pyrrole nitrogens is 1. The van der Waals surface area contributed by atoms with Crippen LogP contribution in [0.5, 0.6) is 0 Å². The summed E-state index contributed by atoms with van der Waals surface area (Å²) in [6, 6.07) is 0. The third kappa shape index (κ3) is 3.15. The molecule has 2 N–H and O–H groups in total. The molecule has 21 heavy (non-hydrogen) atoms. The van der Waals surface area contributed by atoms with E-state index in [1.54, 1.807) is 25.5 Å². The summed E-state index contributed by atoms with van der Waals surface area (Å²) >= 11 is 0. The number of piperidine rings is 1. The van der Waals surface area contributed by atoms with E-state index in [4.69, 9.17) is 0 Å². The first-order valence-electron chi connectivity index (χ1n) is 6.93. The molecule has 3 rings (SSSR count). The summed E-state index contributed by atoms with van der Waals surface area (Å²) in [5.74, 6) is 1.85. The van der Waals surface area contributed by atoms with Gasteiger partial charge in [-0.1, -0.05) is 0 Å². The maximum absolute atomic E-state index is 12.2. The molecule has 1 saturated heterocycles. The van der Waals surface area contributed by atoms with Crippen molar-refractivity contribution in [2.45, 2.75) is 19.8 Å². The molecule has 0 spiro atoms. The van der Waals surface area contributed by atoms with Gasteiger partial charge in [0.1, 0.15) is 11.6 Å². The van der Waals surface area contributed by atoms with Crippen LogP contribution in [0.2, 0.25) is 0 Å². The predicted octanol–water partition coefficient (Wildman–Crippen LogP) is 0.758. The van der Waals surface area contributed by atoms with Crippen LogP contribution in [0.4, 0.5) is 11.8 Å². The molecule has 1 aliphatic rings. The minimum Gasteiger partial charge on any atom is -0.355 e. The van der Waals surface area contributed by atoms with Crippen LogP contribution in [-0.2, 0) is 4.79 Å². The van der Waals surface area contributed by atoms with E-state index in [0.29, 0.717) is 11.8 Å². The molecule has 1 fully saturated rings. The van der Waals surface area contributed by atoms with Crippen LogP contribution in [0.3, 0.4) is 0 Å². The van der Waals surface area contributed by atoms with Crippen LogP contribution in [-0.4, -0.2) is 44.1 Å². The number of carbonyl (C=O) groups is 1. The van der Waals surface area contributed by atoms with Gasteiger partial charge in [-0.15, -0.1) is 5.10 Å². The van der Waals surface area contributed by atoms with E-state index in [1.807, 2.05) is 0 Å². The number of aromatic amines is 1. The molecule has 0 radical (unpaired) electrons. The molecule has 2 aromatic heterocycles. The molecule has 1 amide bonds. The molecule has 0 aliphatic carbocycles. The molecular formula is C13H17N7O. The summed E-state index contributed by atoms with van der Waals surface area (Å²) in [6.45, 7) is 3.38. The van der Waals surface area contributed by atoms with Crippen molar-refractivity contribution in [2.75, 3.05) is 23.3 Å². The Labute approximate surface area is 122 Å². The normalized spacial score (nSPS) is 16.0. The Balaban J connectivity index is 1.54. The number of rotatable bonds is 3. The zero-order chi connectivity index (χ0) is 14.7. The Kier molecular flexibility index (Phi) is 3.76. The van der Waals surface area contributed by atoms with Gasteiger partial charge in [0.25, 0.3) is 0 Å². The van der Waals surface area contributed by atoms with E-state index < -0.39 is 0 Å². The van der Waals surface area contributed by atoms with E-state index in [-0.39, 0.29) is 11.8 Å². The fourth-order valence-corrected chi connectivity index (χ4v) is 2.44. The summed E-state index contributed by atoms with van der Waals surface area (Å²) < 4.78 is 0. The molecule has 1 aliphatic heterocycles. The molecule has 3 heterocycles. The minimum absolute atomic E-state index is 0.0169. The molecule has 0 atom stereocenters. The first kappa shape index (κ1) is 13.5. The zero-order valence-electron chi connectivity index (χ0n) is 11.8. The van der Waals surface area contributed by atoms with Crippen LogP contribution in [0.1, 0.15) is 18.7 Å². The van der Waals surface area contributed by atoms with E-state index in [9.17, 15) is 4.79 Å². The van der Waals surface area contributed by atoms with Crippen molar-refractivity contribution < 1.29 is 4.79 Å². The topological polar surface area (TPSA) is 99.7 Å². The van der Waals surface area contributed by atoms with Crippen molar-refractivity contribution in [3.63, 3.8) is 0 Å². The van der Waals surface area contributed by atoms with Crippen molar-refractivity contribution in [2.24, 2.45) is 5.92 Å². The average Bonchev–Trinajstić information content (AvgIpc) is 2.93. The van der Waals surface area contributed by atoms with Gasteiger partial charge in [0.15, 0.2) is 0 Å². The molecule has 110 valence electrons. The Morgan fingerprint density at radius 2 is 2.19 bits per heavy atom. The molecule has 8 nitrogen and oxygen atoms in total. The highest BCUT2D eigenvalue weighted by molar-refractivity contribution is 5.91. The highest BCUT2D eigenvalue weighted by Crippen LogP contribution is 2.21. The van der Waals surface area contributed by atoms with Crippen molar-refractivity contribution in [1.29, 1.82) is 0 Å². The lowest BCUT2D eigenvalue weighted by Gasteiger charge is -2.31. The number of hydrogen-bond donors (Lipinski definition) is 2. The van der Waals surface area contributed by atoms with Crippen LogP contribution in [0.15, 0.2) is 18.6 Å². The highest BCUT2D eigenvalue weighted by Gasteiger charge is 2.26. The van der Waals surface area contributed by atoms with E-state index in [2.05, 4.69) is 35.4 Å². The Hall–Kier alpha value is -2.51. The van der Waals surface area contributed by atoms with Gasteiger partial charge in [-0.2, -0.15) is 4.98 Å². The summed E-state index contributed by atoms with van der Waals surface area (Å²) in [7, 11) is 0. The number of amides is 1. The summed E-state index contributed by atoms with van der Waals surface area (Å²) in [5, 5.41) is 9.37. The van der Waals surface area contributed by atoms with Gasteiger partial charge in [-0.05, 0) is 19.8 Å². The van der Waals surface area contributed by atoms with Crippen molar-refractivity contribution >= 4 is 17.7 Å². The summed E-state index contributed by atoms with van der Waals surface area (Å²) in [6.07, 6.45) is 6.65. The smallest absolute Gasteiger partial charge is 0.248 e. The summed E-state index contributed by atoms with van der Waals surface area (Å²) in [4.78, 5) is 26.7. The number of nitrogens with one attached hydrogen (secondary N) is 2. The molecule has 0 aromatic carbocycles. The van der Waals surface area contributed by atoms with Gasteiger partial charge in [-0.3, -0.25) is 20.2 Å². The van der Waals surface area contributed by atoms with Gasteiger partial charge < -0.3 is 4.90 Å². The number of aromatic nitrogens is 5. The molecule has 8 heteroatoms. The predicted molar refractivity (Wildman–Crippen MR) is 76.7 cm³/mol.